The van der Waals surface area contributed by atoms with E-state index in [1.165, 1.54) is 11.1 Å². The van der Waals surface area contributed by atoms with Crippen molar-refractivity contribution >= 4 is 5.91 Å². The molecule has 0 radical (unpaired) electrons. The van der Waals surface area contributed by atoms with E-state index in [0.29, 0.717) is 6.54 Å². The summed E-state index contributed by atoms with van der Waals surface area (Å²) < 4.78 is 0. The summed E-state index contributed by atoms with van der Waals surface area (Å²) in [6, 6.07) is 8.41. The Morgan fingerprint density at radius 3 is 2.75 bits per heavy atom. The second kappa shape index (κ2) is 6.89. The molecule has 1 aromatic rings. The topological polar surface area (TPSA) is 46.3 Å². The van der Waals surface area contributed by atoms with Crippen LogP contribution in [-0.2, 0) is 11.3 Å². The Bertz CT molecular complexity index is 458. The molecular weight excluding hydrogens is 248 g/mol. The summed E-state index contributed by atoms with van der Waals surface area (Å²) >= 11 is 0. The minimum atomic E-state index is 0.0218. The number of hydrogen-bond donors (Lipinski definition) is 1. The lowest BCUT2D eigenvalue weighted by atomic mass is 9.84. The molecule has 1 aromatic carbocycles. The highest BCUT2D eigenvalue weighted by Crippen LogP contribution is 2.25. The van der Waals surface area contributed by atoms with E-state index in [1.54, 1.807) is 0 Å². The molecule has 1 aliphatic carbocycles. The first-order chi connectivity index (χ1) is 9.61. The van der Waals surface area contributed by atoms with Crippen molar-refractivity contribution in [2.75, 3.05) is 6.54 Å². The summed E-state index contributed by atoms with van der Waals surface area (Å²) in [5.41, 5.74) is 8.58. The molecule has 1 fully saturated rings. The molecule has 20 heavy (non-hydrogen) atoms. The number of nitrogens with zero attached hydrogens (tertiary/aromatic N) is 1. The molecule has 0 spiro atoms. The molecule has 1 aliphatic rings. The van der Waals surface area contributed by atoms with E-state index in [9.17, 15) is 4.79 Å². The highest BCUT2D eigenvalue weighted by molar-refractivity contribution is 5.79. The van der Waals surface area contributed by atoms with Gasteiger partial charge in [-0.25, -0.2) is 0 Å². The number of nitrogens with two attached hydrogens (primary N) is 1. The summed E-state index contributed by atoms with van der Waals surface area (Å²) in [7, 11) is 0. The minimum Gasteiger partial charge on any atom is -0.338 e. The highest BCUT2D eigenvalue weighted by atomic mass is 16.2. The van der Waals surface area contributed by atoms with E-state index >= 15 is 0 Å². The second-order valence-electron chi connectivity index (χ2n) is 5.90. The van der Waals surface area contributed by atoms with Crippen LogP contribution in [0.1, 0.15) is 43.7 Å². The van der Waals surface area contributed by atoms with Crippen LogP contribution in [0.3, 0.4) is 0 Å². The molecule has 0 bridgehead atoms. The van der Waals surface area contributed by atoms with Crippen molar-refractivity contribution in [2.24, 2.45) is 11.7 Å². The van der Waals surface area contributed by atoms with E-state index in [0.717, 1.165) is 32.2 Å². The second-order valence-corrected chi connectivity index (χ2v) is 5.90. The number of aryl methyl sites for hydroxylation is 1. The van der Waals surface area contributed by atoms with Gasteiger partial charge in [-0.3, -0.25) is 4.79 Å². The summed E-state index contributed by atoms with van der Waals surface area (Å²) in [5.74, 6) is 0.259. The summed E-state index contributed by atoms with van der Waals surface area (Å²) in [4.78, 5) is 14.6. The zero-order valence-corrected chi connectivity index (χ0v) is 12.6. The van der Waals surface area contributed by atoms with Crippen LogP contribution in [0.2, 0.25) is 0 Å². The number of amides is 1. The highest BCUT2D eigenvalue weighted by Gasteiger charge is 2.31. The molecule has 110 valence electrons. The van der Waals surface area contributed by atoms with Crippen molar-refractivity contribution in [3.63, 3.8) is 0 Å². The molecule has 0 aliphatic heterocycles. The normalized spacial score (nSPS) is 22.6. The van der Waals surface area contributed by atoms with Gasteiger partial charge in [-0.05, 0) is 32.3 Å². The van der Waals surface area contributed by atoms with Gasteiger partial charge in [0, 0.05) is 19.1 Å². The Labute approximate surface area is 122 Å². The summed E-state index contributed by atoms with van der Waals surface area (Å²) in [6.07, 6.45) is 4.23. The van der Waals surface area contributed by atoms with E-state index in [1.807, 2.05) is 11.8 Å². The van der Waals surface area contributed by atoms with Crippen LogP contribution >= 0.6 is 0 Å². The predicted octanol–water partition coefficient (Wildman–Crippen LogP) is 2.86. The summed E-state index contributed by atoms with van der Waals surface area (Å²) in [6.45, 7) is 5.57. The quantitative estimate of drug-likeness (QED) is 0.917. The van der Waals surface area contributed by atoms with Gasteiger partial charge in [-0.1, -0.05) is 42.7 Å². The molecule has 2 unspecified atom stereocenters. The fraction of sp³-hybridized carbons (Fsp3) is 0.588. The fourth-order valence-corrected chi connectivity index (χ4v) is 3.08. The van der Waals surface area contributed by atoms with Crippen LogP contribution in [0.5, 0.6) is 0 Å². The van der Waals surface area contributed by atoms with Crippen LogP contribution in [0, 0.1) is 12.8 Å². The number of carbonyl (C=O) groups is 1. The standard InChI is InChI=1S/C17H26N2O/c1-3-19(12-14-8-6-7-13(2)11-14)17(20)15-9-4-5-10-16(15)18/h6-8,11,15-16H,3-5,9-10,12,18H2,1-2H3. The summed E-state index contributed by atoms with van der Waals surface area (Å²) in [5, 5.41) is 0. The third-order valence-electron chi connectivity index (χ3n) is 4.29. The zero-order valence-electron chi connectivity index (χ0n) is 12.6. The number of benzene rings is 1. The predicted molar refractivity (Wildman–Crippen MR) is 82.2 cm³/mol. The van der Waals surface area contributed by atoms with Gasteiger partial charge in [0.15, 0.2) is 0 Å². The molecule has 3 heteroatoms. The van der Waals surface area contributed by atoms with Crippen molar-refractivity contribution in [3.05, 3.63) is 35.4 Å². The maximum Gasteiger partial charge on any atom is 0.227 e. The third-order valence-corrected chi connectivity index (χ3v) is 4.29. The van der Waals surface area contributed by atoms with Gasteiger partial charge in [-0.2, -0.15) is 0 Å². The smallest absolute Gasteiger partial charge is 0.227 e. The van der Waals surface area contributed by atoms with Crippen molar-refractivity contribution in [3.8, 4) is 0 Å². The number of rotatable bonds is 4. The lowest BCUT2D eigenvalue weighted by Crippen LogP contribution is -2.45. The fourth-order valence-electron chi connectivity index (χ4n) is 3.08. The molecule has 0 aromatic heterocycles. The van der Waals surface area contributed by atoms with Gasteiger partial charge in [0.05, 0.1) is 5.92 Å². The van der Waals surface area contributed by atoms with Crippen LogP contribution < -0.4 is 5.73 Å². The Hall–Kier alpha value is -1.35. The Morgan fingerprint density at radius 1 is 1.35 bits per heavy atom. The maximum atomic E-state index is 12.7. The van der Waals surface area contributed by atoms with Gasteiger partial charge in [-0.15, -0.1) is 0 Å². The first-order valence-corrected chi connectivity index (χ1v) is 7.71. The van der Waals surface area contributed by atoms with Crippen LogP contribution in [0.4, 0.5) is 0 Å². The number of carbonyl (C=O) groups excluding carboxylic acids is 1. The van der Waals surface area contributed by atoms with E-state index in [-0.39, 0.29) is 17.9 Å². The molecule has 2 N–H and O–H groups in total. The minimum absolute atomic E-state index is 0.0218. The molecule has 0 saturated heterocycles. The van der Waals surface area contributed by atoms with E-state index in [2.05, 4.69) is 31.2 Å². The van der Waals surface area contributed by atoms with Crippen molar-refractivity contribution in [1.29, 1.82) is 0 Å². The lowest BCUT2D eigenvalue weighted by Gasteiger charge is -2.32. The van der Waals surface area contributed by atoms with E-state index < -0.39 is 0 Å². The van der Waals surface area contributed by atoms with Gasteiger partial charge >= 0.3 is 0 Å². The largest absolute Gasteiger partial charge is 0.338 e. The van der Waals surface area contributed by atoms with Crippen molar-refractivity contribution in [1.82, 2.24) is 4.90 Å². The monoisotopic (exact) mass is 274 g/mol. The molecule has 0 heterocycles. The molecule has 1 saturated carbocycles. The van der Waals surface area contributed by atoms with Gasteiger partial charge in [0.1, 0.15) is 0 Å². The zero-order chi connectivity index (χ0) is 14.5. The van der Waals surface area contributed by atoms with Crippen LogP contribution in [0.25, 0.3) is 0 Å². The third kappa shape index (κ3) is 3.60. The lowest BCUT2D eigenvalue weighted by molar-refractivity contribution is -0.137. The van der Waals surface area contributed by atoms with Crippen molar-refractivity contribution < 1.29 is 4.79 Å². The molecule has 2 atom stereocenters. The van der Waals surface area contributed by atoms with Crippen molar-refractivity contribution in [2.45, 2.75) is 52.1 Å². The average Bonchev–Trinajstić information content (AvgIpc) is 2.44. The SMILES string of the molecule is CCN(Cc1cccc(C)c1)C(=O)C1CCCCC1N. The first kappa shape index (κ1) is 15.0. The molecule has 2 rings (SSSR count). The van der Waals surface area contributed by atoms with E-state index in [4.69, 9.17) is 5.73 Å². The maximum absolute atomic E-state index is 12.7. The van der Waals surface area contributed by atoms with Crippen LogP contribution in [0.15, 0.2) is 24.3 Å². The first-order valence-electron chi connectivity index (χ1n) is 7.71. The molecule has 3 nitrogen and oxygen atoms in total. The molecule has 1 amide bonds. The van der Waals surface area contributed by atoms with Gasteiger partial charge in [0.2, 0.25) is 5.91 Å². The Morgan fingerprint density at radius 2 is 2.10 bits per heavy atom. The number of hydrogen-bond acceptors (Lipinski definition) is 2. The van der Waals surface area contributed by atoms with Gasteiger partial charge < -0.3 is 10.6 Å². The van der Waals surface area contributed by atoms with Crippen LogP contribution in [-0.4, -0.2) is 23.4 Å². The Balaban J connectivity index is 2.05. The average molecular weight is 274 g/mol. The molecular formula is C17H26N2O. The Kier molecular flexibility index (Phi) is 5.18. The van der Waals surface area contributed by atoms with Gasteiger partial charge in [0.25, 0.3) is 0 Å².